The largest absolute Gasteiger partial charge is 0.467 e. The number of halogens is 1. The molecule has 2 aromatic rings. The number of nitrogens with one attached hydrogen (secondary N) is 3. The molecule has 0 radical (unpaired) electrons. The van der Waals surface area contributed by atoms with Gasteiger partial charge < -0.3 is 25.1 Å². The van der Waals surface area contributed by atoms with Crippen molar-refractivity contribution in [3.05, 3.63) is 40.2 Å². The van der Waals surface area contributed by atoms with E-state index in [0.717, 1.165) is 30.4 Å². The zero-order valence-electron chi connectivity index (χ0n) is 16.2. The predicted octanol–water partition coefficient (Wildman–Crippen LogP) is 2.55. The van der Waals surface area contributed by atoms with Gasteiger partial charge in [-0.2, -0.15) is 0 Å². The van der Waals surface area contributed by atoms with Crippen molar-refractivity contribution < 1.29 is 13.9 Å². The number of furan rings is 1. The fourth-order valence-corrected chi connectivity index (χ4v) is 2.94. The fourth-order valence-electron chi connectivity index (χ4n) is 2.22. The van der Waals surface area contributed by atoms with E-state index in [-0.39, 0.29) is 29.9 Å². The summed E-state index contributed by atoms with van der Waals surface area (Å²) in [5.41, 5.74) is 2.44. The van der Waals surface area contributed by atoms with Crippen LogP contribution in [0.15, 0.2) is 33.3 Å². The molecule has 0 fully saturated rings. The second-order valence-electron chi connectivity index (χ2n) is 5.70. The zero-order chi connectivity index (χ0) is 19.3. The first-order chi connectivity index (χ1) is 13.2. The van der Waals surface area contributed by atoms with Gasteiger partial charge in [0.1, 0.15) is 17.2 Å². The molecule has 0 unspecified atom stereocenters. The van der Waals surface area contributed by atoms with Crippen LogP contribution in [0.5, 0.6) is 0 Å². The van der Waals surface area contributed by atoms with Crippen molar-refractivity contribution in [3.63, 3.8) is 0 Å². The molecule has 0 aromatic carbocycles. The Balaban J connectivity index is 0.00000392. The highest BCUT2D eigenvalue weighted by molar-refractivity contribution is 14.0. The van der Waals surface area contributed by atoms with E-state index in [2.05, 4.69) is 25.9 Å². The Hall–Kier alpha value is -1.66. The predicted molar refractivity (Wildman–Crippen MR) is 122 cm³/mol. The average Bonchev–Trinajstić information content (AvgIpc) is 3.32. The van der Waals surface area contributed by atoms with Gasteiger partial charge in [-0.1, -0.05) is 0 Å². The third-order valence-corrected chi connectivity index (χ3v) is 4.47. The number of hydrogen-bond acceptors (Lipinski definition) is 6. The van der Waals surface area contributed by atoms with Crippen LogP contribution in [-0.4, -0.2) is 49.6 Å². The summed E-state index contributed by atoms with van der Waals surface area (Å²) in [6, 6.07) is 3.73. The maximum Gasteiger partial charge on any atom is 0.263 e. The van der Waals surface area contributed by atoms with Gasteiger partial charge in [-0.05, 0) is 32.4 Å². The van der Waals surface area contributed by atoms with E-state index in [1.165, 1.54) is 11.3 Å². The average molecular weight is 521 g/mol. The minimum Gasteiger partial charge on any atom is -0.467 e. The summed E-state index contributed by atoms with van der Waals surface area (Å²) >= 11 is 1.35. The fraction of sp³-hybridized carbons (Fsp3) is 0.500. The van der Waals surface area contributed by atoms with Gasteiger partial charge in [-0.3, -0.25) is 9.79 Å². The molecular formula is C18H28IN5O3S. The van der Waals surface area contributed by atoms with Gasteiger partial charge in [0.25, 0.3) is 5.91 Å². The van der Waals surface area contributed by atoms with Crippen LogP contribution in [0.4, 0.5) is 0 Å². The van der Waals surface area contributed by atoms with Gasteiger partial charge in [-0.15, -0.1) is 35.3 Å². The van der Waals surface area contributed by atoms with E-state index in [0.29, 0.717) is 37.7 Å². The van der Waals surface area contributed by atoms with E-state index in [1.807, 2.05) is 26.0 Å². The molecule has 2 rings (SSSR count). The number of aromatic nitrogens is 1. The lowest BCUT2D eigenvalue weighted by Gasteiger charge is -2.11. The summed E-state index contributed by atoms with van der Waals surface area (Å²) in [5.74, 6) is 1.46. The number of amides is 1. The molecule has 0 aliphatic carbocycles. The van der Waals surface area contributed by atoms with Crippen molar-refractivity contribution in [2.75, 3.05) is 32.8 Å². The molecule has 1 amide bonds. The summed E-state index contributed by atoms with van der Waals surface area (Å²) in [4.78, 5) is 21.3. The molecule has 0 saturated heterocycles. The number of hydrogen-bond donors (Lipinski definition) is 3. The molecule has 3 N–H and O–H groups in total. The van der Waals surface area contributed by atoms with Gasteiger partial charge in [0, 0.05) is 32.8 Å². The van der Waals surface area contributed by atoms with Crippen LogP contribution < -0.4 is 16.0 Å². The Morgan fingerprint density at radius 1 is 1.32 bits per heavy atom. The Labute approximate surface area is 186 Å². The normalized spacial score (nSPS) is 11.0. The molecule has 0 saturated carbocycles. The number of aliphatic imine (C=N–C) groups is 1. The third kappa shape index (κ3) is 9.02. The summed E-state index contributed by atoms with van der Waals surface area (Å²) < 4.78 is 10.7. The Morgan fingerprint density at radius 2 is 2.14 bits per heavy atom. The van der Waals surface area contributed by atoms with Gasteiger partial charge in [0.2, 0.25) is 0 Å². The van der Waals surface area contributed by atoms with Gasteiger partial charge >= 0.3 is 0 Å². The second kappa shape index (κ2) is 14.4. The van der Waals surface area contributed by atoms with Crippen LogP contribution in [0.25, 0.3) is 0 Å². The Kier molecular flexibility index (Phi) is 12.5. The van der Waals surface area contributed by atoms with E-state index in [4.69, 9.17) is 9.15 Å². The monoisotopic (exact) mass is 521 g/mol. The molecule has 0 aliphatic rings. The van der Waals surface area contributed by atoms with Crippen molar-refractivity contribution in [1.29, 1.82) is 0 Å². The Morgan fingerprint density at radius 3 is 2.82 bits per heavy atom. The minimum absolute atomic E-state index is 0. The van der Waals surface area contributed by atoms with Gasteiger partial charge in [0.15, 0.2) is 5.96 Å². The number of aryl methyl sites for hydroxylation is 1. The maximum absolute atomic E-state index is 12.0. The zero-order valence-corrected chi connectivity index (χ0v) is 19.3. The number of carbonyl (C=O) groups is 1. The lowest BCUT2D eigenvalue weighted by Crippen LogP contribution is -2.41. The van der Waals surface area contributed by atoms with E-state index >= 15 is 0 Å². The molecule has 0 spiro atoms. The molecule has 0 atom stereocenters. The van der Waals surface area contributed by atoms with Crippen molar-refractivity contribution >= 4 is 47.2 Å². The topological polar surface area (TPSA) is 101 Å². The summed E-state index contributed by atoms with van der Waals surface area (Å²) in [5, 5.41) is 9.27. The molecule has 10 heteroatoms. The molecule has 28 heavy (non-hydrogen) atoms. The second-order valence-corrected chi connectivity index (χ2v) is 6.55. The molecule has 2 aromatic heterocycles. The quantitative estimate of drug-likeness (QED) is 0.182. The van der Waals surface area contributed by atoms with E-state index in [1.54, 1.807) is 11.8 Å². The van der Waals surface area contributed by atoms with Gasteiger partial charge in [0.05, 0.1) is 17.5 Å². The van der Waals surface area contributed by atoms with Crippen LogP contribution >= 0.6 is 35.3 Å². The highest BCUT2D eigenvalue weighted by Crippen LogP contribution is 2.11. The minimum atomic E-state index is -0.0903. The smallest absolute Gasteiger partial charge is 0.263 e. The number of thiazole rings is 1. The summed E-state index contributed by atoms with van der Waals surface area (Å²) in [6.07, 6.45) is 2.46. The molecule has 2 heterocycles. The highest BCUT2D eigenvalue weighted by Gasteiger charge is 2.10. The number of rotatable bonds is 11. The molecule has 0 aliphatic heterocycles. The van der Waals surface area contributed by atoms with Crippen LogP contribution in [0.1, 0.15) is 34.5 Å². The maximum atomic E-state index is 12.0. The number of guanidine groups is 1. The van der Waals surface area contributed by atoms with Crippen molar-refractivity contribution in [2.45, 2.75) is 26.9 Å². The number of ether oxygens (including phenoxy) is 1. The Bertz CT molecular complexity index is 706. The van der Waals surface area contributed by atoms with Crippen LogP contribution in [0, 0.1) is 6.92 Å². The first kappa shape index (κ1) is 24.4. The molecule has 156 valence electrons. The molecular weight excluding hydrogens is 493 g/mol. The molecule has 0 bridgehead atoms. The SMILES string of the molecule is CCNC(=NCCCOCc1ccco1)NCCNC(=O)c1scnc1C.I. The first-order valence-electron chi connectivity index (χ1n) is 9.01. The third-order valence-electron chi connectivity index (χ3n) is 3.54. The standard InChI is InChI=1S/C18H27N5O3S.HI/c1-3-19-18(21-7-5-10-25-12-15-6-4-11-26-15)22-9-8-20-17(24)16-14(2)23-13-27-16;/h4,6,11,13H,3,5,7-10,12H2,1-2H3,(H,20,24)(H2,19,21,22);1H. The van der Waals surface area contributed by atoms with E-state index < -0.39 is 0 Å². The van der Waals surface area contributed by atoms with Crippen molar-refractivity contribution in [2.24, 2.45) is 4.99 Å². The lowest BCUT2D eigenvalue weighted by atomic mass is 10.4. The van der Waals surface area contributed by atoms with Crippen LogP contribution in [0.2, 0.25) is 0 Å². The van der Waals surface area contributed by atoms with Crippen LogP contribution in [-0.2, 0) is 11.3 Å². The van der Waals surface area contributed by atoms with Crippen molar-refractivity contribution in [3.8, 4) is 0 Å². The highest BCUT2D eigenvalue weighted by atomic mass is 127. The van der Waals surface area contributed by atoms with Crippen LogP contribution in [0.3, 0.4) is 0 Å². The lowest BCUT2D eigenvalue weighted by molar-refractivity contribution is 0.0957. The molecule has 8 nitrogen and oxygen atoms in total. The van der Waals surface area contributed by atoms with E-state index in [9.17, 15) is 4.79 Å². The summed E-state index contributed by atoms with van der Waals surface area (Å²) in [6.45, 7) is 7.46. The first-order valence-corrected chi connectivity index (χ1v) is 9.89. The number of nitrogens with zero attached hydrogens (tertiary/aromatic N) is 2. The summed E-state index contributed by atoms with van der Waals surface area (Å²) in [7, 11) is 0. The van der Waals surface area contributed by atoms with Crippen molar-refractivity contribution in [1.82, 2.24) is 20.9 Å². The number of carbonyl (C=O) groups excluding carboxylic acids is 1. The van der Waals surface area contributed by atoms with Gasteiger partial charge in [-0.25, -0.2) is 4.98 Å².